The van der Waals surface area contributed by atoms with Crippen LogP contribution in [-0.2, 0) is 0 Å². The van der Waals surface area contributed by atoms with Crippen molar-refractivity contribution in [3.63, 3.8) is 0 Å². The third-order valence-electron chi connectivity index (χ3n) is 2.78. The number of hydrogen-bond acceptors (Lipinski definition) is 4. The van der Waals surface area contributed by atoms with Gasteiger partial charge in [0.2, 0.25) is 0 Å². The van der Waals surface area contributed by atoms with Crippen LogP contribution in [0.15, 0.2) is 30.9 Å². The van der Waals surface area contributed by atoms with Crippen LogP contribution in [0.5, 0.6) is 11.5 Å². The molecule has 0 radical (unpaired) electrons. The van der Waals surface area contributed by atoms with Crippen LogP contribution in [-0.4, -0.2) is 27.3 Å². The van der Waals surface area contributed by atoms with Gasteiger partial charge in [-0.1, -0.05) is 12.1 Å². The first-order valence-corrected chi connectivity index (χ1v) is 6.03. The van der Waals surface area contributed by atoms with Crippen molar-refractivity contribution in [2.24, 2.45) is 5.73 Å². The van der Waals surface area contributed by atoms with Crippen LogP contribution in [0.1, 0.15) is 18.0 Å². The van der Waals surface area contributed by atoms with E-state index in [1.165, 1.54) is 0 Å². The second-order valence-electron chi connectivity index (χ2n) is 3.93. The van der Waals surface area contributed by atoms with E-state index in [9.17, 15) is 0 Å². The molecule has 0 saturated heterocycles. The van der Waals surface area contributed by atoms with E-state index in [0.717, 1.165) is 30.0 Å². The number of hydrogen-bond donors (Lipinski definition) is 2. The Hall–Kier alpha value is -1.52. The minimum absolute atomic E-state index is 0.116. The fraction of sp³-hybridized carbons (Fsp3) is 0.429. The summed E-state index contributed by atoms with van der Waals surface area (Å²) in [6.07, 6.45) is 2.80. The molecule has 1 aromatic carbocycles. The fourth-order valence-electron chi connectivity index (χ4n) is 1.77. The third-order valence-corrected chi connectivity index (χ3v) is 2.78. The summed E-state index contributed by atoms with van der Waals surface area (Å²) in [4.78, 5) is 0. The number of ether oxygens (including phenoxy) is 2. The SMILES string of the molecule is C=CCCNC(CN)c1ccc(OC)c(OC)c1. The van der Waals surface area contributed by atoms with Gasteiger partial charge in [0, 0.05) is 12.6 Å². The van der Waals surface area contributed by atoms with Crippen molar-refractivity contribution in [2.45, 2.75) is 12.5 Å². The first kappa shape index (κ1) is 14.5. The Bertz CT molecular complexity index is 380. The van der Waals surface area contributed by atoms with Crippen LogP contribution in [0.2, 0.25) is 0 Å². The van der Waals surface area contributed by atoms with Crippen molar-refractivity contribution >= 4 is 0 Å². The van der Waals surface area contributed by atoms with Gasteiger partial charge in [-0.05, 0) is 30.7 Å². The van der Waals surface area contributed by atoms with Gasteiger partial charge in [-0.25, -0.2) is 0 Å². The summed E-state index contributed by atoms with van der Waals surface area (Å²) in [6, 6.07) is 5.97. The van der Waals surface area contributed by atoms with Crippen LogP contribution in [0, 0.1) is 0 Å². The summed E-state index contributed by atoms with van der Waals surface area (Å²) in [5, 5.41) is 3.38. The van der Waals surface area contributed by atoms with Gasteiger partial charge in [0.05, 0.1) is 14.2 Å². The molecular formula is C14H22N2O2. The van der Waals surface area contributed by atoms with Crippen molar-refractivity contribution in [3.05, 3.63) is 36.4 Å². The van der Waals surface area contributed by atoms with Crippen molar-refractivity contribution in [1.82, 2.24) is 5.32 Å². The van der Waals surface area contributed by atoms with Crippen LogP contribution < -0.4 is 20.5 Å². The first-order valence-electron chi connectivity index (χ1n) is 6.03. The predicted molar refractivity (Wildman–Crippen MR) is 74.2 cm³/mol. The molecule has 0 heterocycles. The topological polar surface area (TPSA) is 56.5 Å². The Kier molecular flexibility index (Phi) is 6.25. The van der Waals surface area contributed by atoms with E-state index >= 15 is 0 Å². The van der Waals surface area contributed by atoms with E-state index in [1.54, 1.807) is 14.2 Å². The molecular weight excluding hydrogens is 228 g/mol. The predicted octanol–water partition coefficient (Wildman–Crippen LogP) is 1.87. The average Bonchev–Trinajstić information content (AvgIpc) is 2.43. The lowest BCUT2D eigenvalue weighted by Crippen LogP contribution is -2.28. The van der Waals surface area contributed by atoms with Gasteiger partial charge in [0.15, 0.2) is 11.5 Å². The van der Waals surface area contributed by atoms with Crippen LogP contribution in [0.4, 0.5) is 0 Å². The molecule has 0 saturated carbocycles. The Labute approximate surface area is 109 Å². The van der Waals surface area contributed by atoms with Crippen molar-refractivity contribution in [3.8, 4) is 11.5 Å². The largest absolute Gasteiger partial charge is 0.493 e. The number of nitrogens with two attached hydrogens (primary N) is 1. The Morgan fingerprint density at radius 1 is 1.33 bits per heavy atom. The lowest BCUT2D eigenvalue weighted by atomic mass is 10.1. The van der Waals surface area contributed by atoms with Gasteiger partial charge in [-0.15, -0.1) is 6.58 Å². The summed E-state index contributed by atoms with van der Waals surface area (Å²) in [7, 11) is 3.25. The molecule has 0 amide bonds. The smallest absolute Gasteiger partial charge is 0.161 e. The Balaban J connectivity index is 2.82. The van der Waals surface area contributed by atoms with E-state index in [-0.39, 0.29) is 6.04 Å². The molecule has 4 nitrogen and oxygen atoms in total. The Morgan fingerprint density at radius 2 is 2.06 bits per heavy atom. The molecule has 1 unspecified atom stereocenters. The molecule has 1 aromatic rings. The van der Waals surface area contributed by atoms with E-state index < -0.39 is 0 Å². The van der Waals surface area contributed by atoms with Gasteiger partial charge in [-0.2, -0.15) is 0 Å². The van der Waals surface area contributed by atoms with Crippen molar-refractivity contribution < 1.29 is 9.47 Å². The zero-order chi connectivity index (χ0) is 13.4. The maximum atomic E-state index is 5.79. The summed E-state index contributed by atoms with van der Waals surface area (Å²) in [5.74, 6) is 1.45. The molecule has 0 aromatic heterocycles. The lowest BCUT2D eigenvalue weighted by molar-refractivity contribution is 0.354. The number of methoxy groups -OCH3 is 2. The molecule has 4 heteroatoms. The summed E-state index contributed by atoms with van der Waals surface area (Å²) in [5.41, 5.74) is 6.89. The molecule has 0 bridgehead atoms. The van der Waals surface area contributed by atoms with Crippen LogP contribution in [0.3, 0.4) is 0 Å². The number of nitrogens with one attached hydrogen (secondary N) is 1. The third kappa shape index (κ3) is 3.75. The monoisotopic (exact) mass is 250 g/mol. The van der Waals surface area contributed by atoms with Crippen LogP contribution >= 0.6 is 0 Å². The average molecular weight is 250 g/mol. The molecule has 1 rings (SSSR count). The molecule has 18 heavy (non-hydrogen) atoms. The van der Waals surface area contributed by atoms with Gasteiger partial charge in [0.1, 0.15) is 0 Å². The standard InChI is InChI=1S/C14H22N2O2/c1-4-5-8-16-12(10-15)11-6-7-13(17-2)14(9-11)18-3/h4,6-7,9,12,16H,1,5,8,10,15H2,2-3H3. The molecule has 0 aliphatic rings. The molecule has 0 aliphatic carbocycles. The zero-order valence-corrected chi connectivity index (χ0v) is 11.1. The maximum Gasteiger partial charge on any atom is 0.161 e. The van der Waals surface area contributed by atoms with Crippen LogP contribution in [0.25, 0.3) is 0 Å². The molecule has 0 spiro atoms. The fourth-order valence-corrected chi connectivity index (χ4v) is 1.77. The highest BCUT2D eigenvalue weighted by molar-refractivity contribution is 5.43. The number of benzene rings is 1. The van der Waals surface area contributed by atoms with E-state index in [4.69, 9.17) is 15.2 Å². The van der Waals surface area contributed by atoms with E-state index in [1.807, 2.05) is 24.3 Å². The molecule has 1 atom stereocenters. The molecule has 0 aliphatic heterocycles. The first-order chi connectivity index (χ1) is 8.76. The van der Waals surface area contributed by atoms with E-state index in [0.29, 0.717) is 6.54 Å². The van der Waals surface area contributed by atoms with Crippen molar-refractivity contribution in [2.75, 3.05) is 27.3 Å². The Morgan fingerprint density at radius 3 is 2.61 bits per heavy atom. The summed E-state index contributed by atoms with van der Waals surface area (Å²) in [6.45, 7) is 5.09. The summed E-state index contributed by atoms with van der Waals surface area (Å²) < 4.78 is 10.5. The van der Waals surface area contributed by atoms with Gasteiger partial charge < -0.3 is 20.5 Å². The molecule has 100 valence electrons. The van der Waals surface area contributed by atoms with Gasteiger partial charge in [-0.3, -0.25) is 0 Å². The second-order valence-corrected chi connectivity index (χ2v) is 3.93. The van der Waals surface area contributed by atoms with Gasteiger partial charge in [0.25, 0.3) is 0 Å². The highest BCUT2D eigenvalue weighted by atomic mass is 16.5. The minimum Gasteiger partial charge on any atom is -0.493 e. The molecule has 0 fully saturated rings. The second kappa shape index (κ2) is 7.74. The van der Waals surface area contributed by atoms with Gasteiger partial charge >= 0.3 is 0 Å². The highest BCUT2D eigenvalue weighted by Crippen LogP contribution is 2.29. The maximum absolute atomic E-state index is 5.79. The normalized spacial score (nSPS) is 11.9. The van der Waals surface area contributed by atoms with E-state index in [2.05, 4.69) is 11.9 Å². The molecule has 3 N–H and O–H groups in total. The highest BCUT2D eigenvalue weighted by Gasteiger charge is 2.12. The van der Waals surface area contributed by atoms with Crippen molar-refractivity contribution in [1.29, 1.82) is 0 Å². The number of rotatable bonds is 8. The lowest BCUT2D eigenvalue weighted by Gasteiger charge is -2.18. The zero-order valence-electron chi connectivity index (χ0n) is 11.1. The minimum atomic E-state index is 0.116. The quantitative estimate of drug-likeness (QED) is 0.546. The summed E-state index contributed by atoms with van der Waals surface area (Å²) >= 11 is 0.